The molecule has 72 heavy (non-hydrogen) atoms. The van der Waals surface area contributed by atoms with Crippen LogP contribution in [0.15, 0.2) is 100.0 Å². The van der Waals surface area contributed by atoms with Crippen molar-refractivity contribution in [1.29, 1.82) is 0 Å². The van der Waals surface area contributed by atoms with Crippen molar-refractivity contribution in [2.45, 2.75) is 132 Å². The van der Waals surface area contributed by atoms with Gasteiger partial charge < -0.3 is 28.6 Å². The molecule has 22 nitrogen and oxygen atoms in total. The lowest BCUT2D eigenvalue weighted by atomic mass is 10.1. The molecule has 0 bridgehead atoms. The van der Waals surface area contributed by atoms with Crippen molar-refractivity contribution < 1.29 is 0 Å². The maximum atomic E-state index is 12.2. The van der Waals surface area contributed by atoms with Crippen LogP contribution < -0.4 is 27.8 Å². The van der Waals surface area contributed by atoms with Crippen molar-refractivity contribution in [3.05, 3.63) is 122 Å². The van der Waals surface area contributed by atoms with Crippen LogP contribution in [0.2, 0.25) is 0 Å². The Morgan fingerprint density at radius 1 is 0.611 bits per heavy atom. The number of fused-ring (bicyclic) bond motifs is 5. The first-order valence-electron chi connectivity index (χ1n) is 23.3. The standard InChI is InChI=1S/C12H15N.C11H16N4O2.C9H13N5.C9H12N4O2.C9H12N4/c1-12(2,3)13-8-10-6-4-5-7-11(10)9-13;1-11(2,3)15-9(16)7-8(13(4)6-12-7)14(5)10(15)17;1-9(2,3)14-8-6-7(11-4-10-6)12-5-13-8;1-9(2,3)13-4-10-5-6(13)11-8(15)12-7(5)14;1-9(2,3)13-6-12-7-4-10-5-11-8(7)13/h4-9H,1-3H3;6H,1-5H3;4-5H,1-3H3,(H2,10,11,12,13,14);4H,1-3H3,(H2,11,12,14,15);4-6H,1-3H3. The first kappa shape index (κ1) is 53.3. The first-order valence-corrected chi connectivity index (χ1v) is 23.3. The van der Waals surface area contributed by atoms with Crippen LogP contribution in [0.4, 0.5) is 5.82 Å². The third-order valence-corrected chi connectivity index (χ3v) is 10.9. The van der Waals surface area contributed by atoms with Crippen LogP contribution in [0.5, 0.6) is 0 Å². The third-order valence-electron chi connectivity index (χ3n) is 10.9. The van der Waals surface area contributed by atoms with E-state index in [0.29, 0.717) is 22.5 Å². The second-order valence-corrected chi connectivity index (χ2v) is 22.3. The number of nitrogens with zero attached hydrogens (tertiary/aromatic N) is 14. The number of nitrogens with one attached hydrogen (secondary N) is 4. The Hall–Kier alpha value is -8.04. The lowest BCUT2D eigenvalue weighted by Crippen LogP contribution is -2.47. The van der Waals surface area contributed by atoms with Gasteiger partial charge in [-0.1, -0.05) is 24.3 Å². The Morgan fingerprint density at radius 3 is 1.81 bits per heavy atom. The molecule has 382 valence electrons. The van der Waals surface area contributed by atoms with Crippen LogP contribution in [-0.4, -0.2) is 87.8 Å². The summed E-state index contributed by atoms with van der Waals surface area (Å²) in [6.07, 6.45) is 15.7. The van der Waals surface area contributed by atoms with Crippen LogP contribution in [0.1, 0.15) is 104 Å². The Morgan fingerprint density at radius 2 is 1.22 bits per heavy atom. The molecule has 0 fully saturated rings. The molecule has 0 aliphatic heterocycles. The maximum absolute atomic E-state index is 12.2. The van der Waals surface area contributed by atoms with Gasteiger partial charge in [-0.15, -0.1) is 0 Å². The van der Waals surface area contributed by atoms with Gasteiger partial charge in [-0.2, -0.15) is 0 Å². The number of rotatable bonds is 1. The second-order valence-electron chi connectivity index (χ2n) is 22.3. The number of H-pyrrole nitrogens is 3. The fourth-order valence-electron chi connectivity index (χ4n) is 7.38. The third kappa shape index (κ3) is 12.1. The largest absolute Gasteiger partial charge is 0.364 e. The lowest BCUT2D eigenvalue weighted by Gasteiger charge is -2.21. The summed E-state index contributed by atoms with van der Waals surface area (Å²) in [4.78, 5) is 87.3. The summed E-state index contributed by atoms with van der Waals surface area (Å²) >= 11 is 0. The zero-order chi connectivity index (χ0) is 53.3. The zero-order valence-electron chi connectivity index (χ0n) is 44.4. The van der Waals surface area contributed by atoms with E-state index in [9.17, 15) is 19.2 Å². The molecule has 0 unspecified atom stereocenters. The summed E-state index contributed by atoms with van der Waals surface area (Å²) < 4.78 is 10.4. The molecule has 0 amide bonds. The summed E-state index contributed by atoms with van der Waals surface area (Å²) in [5.74, 6) is 0.792. The molecule has 0 saturated carbocycles. The lowest BCUT2D eigenvalue weighted by molar-refractivity contribution is 0.361. The molecule has 0 atom stereocenters. The predicted molar refractivity (Wildman–Crippen MR) is 283 cm³/mol. The van der Waals surface area contributed by atoms with Crippen LogP contribution in [0, 0.1) is 0 Å². The second kappa shape index (κ2) is 20.0. The minimum atomic E-state index is -0.558. The molecule has 0 aliphatic carbocycles. The first-order chi connectivity index (χ1) is 33.4. The van der Waals surface area contributed by atoms with Gasteiger partial charge in [-0.3, -0.25) is 28.7 Å². The highest BCUT2D eigenvalue weighted by Gasteiger charge is 2.24. The van der Waals surface area contributed by atoms with Gasteiger partial charge in [0, 0.05) is 54.2 Å². The predicted octanol–water partition coefficient (Wildman–Crippen LogP) is 6.90. The quantitative estimate of drug-likeness (QED) is 0.131. The molecular weight excluding hydrogens is 917 g/mol. The van der Waals surface area contributed by atoms with Gasteiger partial charge in [0.25, 0.3) is 11.1 Å². The highest BCUT2D eigenvalue weighted by atomic mass is 16.2. The normalized spacial score (nSPS) is 12.2. The van der Waals surface area contributed by atoms with E-state index in [1.165, 1.54) is 26.2 Å². The van der Waals surface area contributed by atoms with Gasteiger partial charge in [0.2, 0.25) is 0 Å². The van der Waals surface area contributed by atoms with Gasteiger partial charge in [-0.05, 0) is 115 Å². The molecule has 4 N–H and O–H groups in total. The molecule has 10 rings (SSSR count). The van der Waals surface area contributed by atoms with Crippen LogP contribution in [0.25, 0.3) is 55.4 Å². The molecule has 0 aliphatic rings. The average molecular weight is 985 g/mol. The molecule has 9 heterocycles. The van der Waals surface area contributed by atoms with Crippen molar-refractivity contribution in [2.75, 3.05) is 5.32 Å². The summed E-state index contributed by atoms with van der Waals surface area (Å²) in [5, 5.41) is 5.92. The van der Waals surface area contributed by atoms with Crippen molar-refractivity contribution in [2.24, 2.45) is 14.1 Å². The van der Waals surface area contributed by atoms with E-state index in [4.69, 9.17) is 0 Å². The highest BCUT2D eigenvalue weighted by Crippen LogP contribution is 2.23. The van der Waals surface area contributed by atoms with E-state index in [1.807, 2.05) is 46.1 Å². The zero-order valence-corrected chi connectivity index (χ0v) is 44.4. The number of imidazole rings is 4. The number of aryl methyl sites for hydroxylation is 2. The van der Waals surface area contributed by atoms with Gasteiger partial charge in [0.15, 0.2) is 28.1 Å². The summed E-state index contributed by atoms with van der Waals surface area (Å²) in [6.45, 7) is 30.6. The molecule has 10 aromatic rings. The summed E-state index contributed by atoms with van der Waals surface area (Å²) in [6, 6.07) is 8.46. The van der Waals surface area contributed by atoms with Gasteiger partial charge in [-0.25, -0.2) is 49.5 Å². The number of aromatic amines is 3. The number of aromatic nitrogens is 17. The molecular formula is C50H68N18O4. The highest BCUT2D eigenvalue weighted by molar-refractivity contribution is 5.83. The van der Waals surface area contributed by atoms with E-state index in [1.54, 1.807) is 61.1 Å². The van der Waals surface area contributed by atoms with Crippen molar-refractivity contribution >= 4 is 61.2 Å². The SMILES string of the molecule is CC(C)(C)Nc1ncnc2nc[nH]c12.CC(C)(C)n1cc2ccccc2c1.CC(C)(C)n1cnc2c(=O)[nH]c(=O)[nH]c21.CC(C)(C)n1cnc2cncnc21.Cn1cnc2c(=O)n(C(C)(C)C)c(=O)n(C)c21. The van der Waals surface area contributed by atoms with Crippen molar-refractivity contribution in [3.63, 3.8) is 0 Å². The number of anilines is 1. The fraction of sp³-hybridized carbons (Fsp3) is 0.440. The number of benzene rings is 1. The average Bonchev–Trinajstić information content (AvgIpc) is 4.11. The maximum Gasteiger partial charge on any atom is 0.332 e. The summed E-state index contributed by atoms with van der Waals surface area (Å²) in [5.41, 5.74) is 2.60. The fourth-order valence-corrected chi connectivity index (χ4v) is 7.38. The van der Waals surface area contributed by atoms with E-state index < -0.39 is 16.8 Å². The smallest absolute Gasteiger partial charge is 0.332 e. The Kier molecular flexibility index (Phi) is 14.8. The van der Waals surface area contributed by atoms with Gasteiger partial charge in [0.05, 0.1) is 31.5 Å². The van der Waals surface area contributed by atoms with Gasteiger partial charge >= 0.3 is 11.4 Å². The molecule has 0 spiro atoms. The van der Waals surface area contributed by atoms with E-state index >= 15 is 0 Å². The van der Waals surface area contributed by atoms with Crippen LogP contribution in [-0.2, 0) is 36.3 Å². The topological polar surface area (TPSA) is 260 Å². The minimum Gasteiger partial charge on any atom is -0.364 e. The van der Waals surface area contributed by atoms with Crippen LogP contribution in [0.3, 0.4) is 0 Å². The Bertz CT molecular complexity index is 3680. The molecule has 0 saturated heterocycles. The minimum absolute atomic E-state index is 0.0170. The molecule has 9 aromatic heterocycles. The van der Waals surface area contributed by atoms with Gasteiger partial charge in [0.1, 0.15) is 35.0 Å². The van der Waals surface area contributed by atoms with Crippen LogP contribution >= 0.6 is 0 Å². The monoisotopic (exact) mass is 985 g/mol. The van der Waals surface area contributed by atoms with Crippen molar-refractivity contribution in [1.82, 2.24) is 82.2 Å². The number of hydrogen-bond acceptors (Lipinski definition) is 13. The van der Waals surface area contributed by atoms with Crippen molar-refractivity contribution in [3.8, 4) is 0 Å². The van der Waals surface area contributed by atoms with E-state index in [2.05, 4.69) is 164 Å². The molecule has 0 radical (unpaired) electrons. The molecule has 1 aromatic carbocycles. The Labute approximate surface area is 415 Å². The Balaban J connectivity index is 0.000000148. The van der Waals surface area contributed by atoms with E-state index in [-0.39, 0.29) is 38.9 Å². The van der Waals surface area contributed by atoms with E-state index in [0.717, 1.165) is 22.5 Å². The number of hydrogen-bond donors (Lipinski definition) is 4. The molecule has 22 heteroatoms. The summed E-state index contributed by atoms with van der Waals surface area (Å²) in [7, 11) is 3.41.